The van der Waals surface area contributed by atoms with Gasteiger partial charge < -0.3 is 120 Å². The lowest BCUT2D eigenvalue weighted by Gasteiger charge is -2.43. The molecule has 6 aliphatic heterocycles. The molecule has 24 atom stereocenters. The van der Waals surface area contributed by atoms with Gasteiger partial charge in [0.1, 0.15) is 61.0 Å². The van der Waals surface area contributed by atoms with Crippen molar-refractivity contribution < 1.29 is 120 Å². The molecule has 27 heteroatoms. The minimum absolute atomic E-state index is 0.0131. The van der Waals surface area contributed by atoms with Gasteiger partial charge in [0, 0.05) is 48.9 Å². The average Bonchev–Trinajstić information content (AvgIpc) is 1.59. The lowest BCUT2D eigenvalue weighted by Crippen LogP contribution is -2.60. The molecular formula is C70H132N2O24S. The maximum atomic E-state index is 9.64. The number of nitrogens with zero attached hydrogens (tertiary/aromatic N) is 2. The Bertz CT molecular complexity index is 2330. The number of aromatic nitrogens is 2. The predicted octanol–water partition coefficient (Wildman–Crippen LogP) is 3.11. The smallest absolute Gasteiger partial charge is 0.184 e. The second-order valence-corrected chi connectivity index (χ2v) is 34.7. The van der Waals surface area contributed by atoms with E-state index in [2.05, 4.69) is 53.0 Å². The fourth-order valence-electron chi connectivity index (χ4n) is 10.7. The number of ether oxygens (including phenoxy) is 6. The number of aliphatic hydroxyl groups is 18. The number of rotatable bonds is 2. The van der Waals surface area contributed by atoms with Gasteiger partial charge in [-0.2, -0.15) is 0 Å². The highest BCUT2D eigenvalue weighted by Gasteiger charge is 2.48. The van der Waals surface area contributed by atoms with Gasteiger partial charge in [-0.1, -0.05) is 151 Å². The molecule has 0 spiro atoms. The molecule has 2 aromatic heterocycles. The molecule has 2 aromatic rings. The quantitative estimate of drug-likeness (QED) is 0.205. The lowest BCUT2D eigenvalue weighted by molar-refractivity contribution is -0.299. The van der Waals surface area contributed by atoms with E-state index in [4.69, 9.17) is 33.9 Å². The van der Waals surface area contributed by atoms with Crippen molar-refractivity contribution in [3.05, 3.63) is 46.2 Å². The summed E-state index contributed by atoms with van der Waals surface area (Å²) in [6.45, 7) is 46.3. The van der Waals surface area contributed by atoms with Crippen molar-refractivity contribution in [2.75, 3.05) is 26.4 Å². The summed E-state index contributed by atoms with van der Waals surface area (Å²) in [5, 5.41) is 171. The first-order chi connectivity index (χ1) is 43.9. The third-order valence-corrected chi connectivity index (χ3v) is 18.8. The Morgan fingerprint density at radius 1 is 0.392 bits per heavy atom. The Morgan fingerprint density at radius 3 is 1.10 bits per heavy atom. The minimum Gasteiger partial charge on any atom is -0.394 e. The molecule has 0 aromatic carbocycles. The van der Waals surface area contributed by atoms with Crippen LogP contribution in [0.5, 0.6) is 0 Å². The third-order valence-electron chi connectivity index (χ3n) is 17.5. The number of aryl methyl sites for hydroxylation is 2. The van der Waals surface area contributed by atoms with E-state index in [1.807, 2.05) is 150 Å². The molecule has 0 radical (unpaired) electrons. The van der Waals surface area contributed by atoms with E-state index in [0.29, 0.717) is 37.7 Å². The van der Waals surface area contributed by atoms with Crippen LogP contribution >= 0.6 is 11.3 Å². The zero-order valence-electron chi connectivity index (χ0n) is 62.2. The van der Waals surface area contributed by atoms with Gasteiger partial charge in [-0.25, -0.2) is 0 Å². The van der Waals surface area contributed by atoms with Crippen LogP contribution in [0.15, 0.2) is 29.9 Å². The van der Waals surface area contributed by atoms with Crippen LogP contribution in [0.25, 0.3) is 0 Å². The molecule has 572 valence electrons. The summed E-state index contributed by atoms with van der Waals surface area (Å²) in [7, 11) is 0. The second kappa shape index (κ2) is 39.6. The number of aliphatic hydroxyl groups excluding tert-OH is 18. The van der Waals surface area contributed by atoms with Gasteiger partial charge in [-0.15, -0.1) is 11.3 Å². The highest BCUT2D eigenvalue weighted by atomic mass is 32.1. The molecule has 6 aliphatic rings. The summed E-state index contributed by atoms with van der Waals surface area (Å²) in [5.74, 6) is -0.118. The Labute approximate surface area is 581 Å². The second-order valence-electron chi connectivity index (χ2n) is 33.7. The topological polar surface area (TPSA) is 445 Å². The van der Waals surface area contributed by atoms with Crippen LogP contribution in [0.4, 0.5) is 0 Å². The molecule has 6 fully saturated rings. The summed E-state index contributed by atoms with van der Waals surface area (Å²) in [4.78, 5) is 9.49. The molecule has 8 rings (SSSR count). The molecule has 97 heavy (non-hydrogen) atoms. The monoisotopic (exact) mass is 1420 g/mol. The Kier molecular flexibility index (Phi) is 37.9. The Hall–Kier alpha value is -2.18. The van der Waals surface area contributed by atoms with E-state index in [1.165, 1.54) is 4.88 Å². The lowest BCUT2D eigenvalue weighted by atomic mass is 9.74. The van der Waals surface area contributed by atoms with Crippen molar-refractivity contribution >= 4 is 11.3 Å². The standard InChI is InChI=1S/2C10H20O4.C9H18O5.2C9H18O4.C9H18O3.C8H12S.C6H8N2/c2*1-10(2,3)8-4-6(12)9(13)7(5-11)14-8;1-9(2,3)7-5(11)4(10)6(12)8(13)14-7;1-9(2,3)6-4-5(10)7(11)8(12)13-6;1-9(2,3)5-4-6(10)13-8(12)7(5)11;1-9(2,3)6-4-12-5-7(10)8(6)11;1-8(2,3)7-5-4-6-9-7;1-5-3-8-6(2)4-7-5/h2*6-9,11-13H,4-5H2,1-3H3;4-8,10-13H,1-3H3;2*5-8,10-12H,4H2,1-3H3;6-8,10-11H,4-5H2,1-3H3;4-6H,1-3H3;3-4H,1-2H3/t6-,7+,8?,9-;6-,7-,8?,9+;4-,5-,6+,7?,8+;5-,6?,7-,8+;5?,6-,7-,8-;6?,7-,8-;;/m010100../s1. The van der Waals surface area contributed by atoms with Crippen LogP contribution in [0.3, 0.4) is 0 Å². The summed E-state index contributed by atoms with van der Waals surface area (Å²) >= 11 is 1.83. The minimum atomic E-state index is -1.46. The Morgan fingerprint density at radius 2 is 0.784 bits per heavy atom. The highest BCUT2D eigenvalue weighted by Crippen LogP contribution is 2.39. The van der Waals surface area contributed by atoms with E-state index < -0.39 is 122 Å². The summed E-state index contributed by atoms with van der Waals surface area (Å²) in [6, 6.07) is 4.29. The third kappa shape index (κ3) is 31.4. The molecule has 6 saturated heterocycles. The van der Waals surface area contributed by atoms with Gasteiger partial charge in [0.2, 0.25) is 0 Å². The van der Waals surface area contributed by atoms with Crippen molar-refractivity contribution in [2.45, 2.75) is 325 Å². The molecule has 0 aliphatic carbocycles. The Balaban J connectivity index is 0.000000557. The first kappa shape index (κ1) is 92.8. The molecule has 8 heterocycles. The summed E-state index contributed by atoms with van der Waals surface area (Å²) < 4.78 is 31.1. The van der Waals surface area contributed by atoms with Gasteiger partial charge in [0.25, 0.3) is 0 Å². The molecule has 6 unspecified atom stereocenters. The van der Waals surface area contributed by atoms with Crippen LogP contribution < -0.4 is 0 Å². The van der Waals surface area contributed by atoms with Gasteiger partial charge in [-0.3, -0.25) is 9.97 Å². The van der Waals surface area contributed by atoms with Crippen LogP contribution in [0.1, 0.15) is 187 Å². The zero-order valence-corrected chi connectivity index (χ0v) is 63.0. The van der Waals surface area contributed by atoms with Gasteiger partial charge in [-0.05, 0) is 69.1 Å². The maximum absolute atomic E-state index is 9.64. The van der Waals surface area contributed by atoms with Crippen molar-refractivity contribution in [3.8, 4) is 0 Å². The fraction of sp³-hybridized carbons (Fsp3) is 0.886. The summed E-state index contributed by atoms with van der Waals surface area (Å²) in [5.41, 5.74) is 1.39. The highest BCUT2D eigenvalue weighted by molar-refractivity contribution is 7.10. The SMILES string of the molecule is CC(C)(C)C1COC[C@H](O)[C@H]1O.CC(C)(C)C1C[C@@H](O)O[C@H](O)[C@H]1O.CC(C)(C)C1C[C@@H](O)[C@@H](O)[C@@H](O)O1.CC(C)(C)C1C[C@@H](O)[C@H](O)[C@@H](CO)O1.CC(C)(C)C1C[C@H](O)[C@H](O)[C@@H](CO)O1.CC(C)(C)C1O[C@@H](O)[C@H](O)[C@@H](O)[C@@H]1O.CC(C)(C)c1cccs1.Cc1cnc(C)cn1. The average molecular weight is 1420 g/mol. The van der Waals surface area contributed by atoms with Gasteiger partial charge >= 0.3 is 0 Å². The van der Waals surface area contributed by atoms with Crippen LogP contribution in [0, 0.1) is 58.2 Å². The van der Waals surface area contributed by atoms with E-state index >= 15 is 0 Å². The van der Waals surface area contributed by atoms with E-state index in [9.17, 15) is 81.7 Å². The maximum Gasteiger partial charge on any atom is 0.184 e. The van der Waals surface area contributed by atoms with E-state index in [-0.39, 0.29) is 77.0 Å². The van der Waals surface area contributed by atoms with E-state index in [1.54, 1.807) is 12.4 Å². The molecule has 0 bridgehead atoms. The molecule has 18 N–H and O–H groups in total. The summed E-state index contributed by atoms with van der Waals surface area (Å²) in [6.07, 6.45) is -14.3. The van der Waals surface area contributed by atoms with Crippen LogP contribution in [-0.4, -0.2) is 263 Å². The van der Waals surface area contributed by atoms with E-state index in [0.717, 1.165) is 11.4 Å². The van der Waals surface area contributed by atoms with Gasteiger partial charge in [0.15, 0.2) is 25.2 Å². The van der Waals surface area contributed by atoms with Crippen molar-refractivity contribution in [2.24, 2.45) is 44.3 Å². The fourth-order valence-corrected chi connectivity index (χ4v) is 11.6. The first-order valence-corrected chi connectivity index (χ1v) is 34.6. The predicted molar refractivity (Wildman–Crippen MR) is 366 cm³/mol. The molecule has 26 nitrogen and oxygen atoms in total. The first-order valence-electron chi connectivity index (χ1n) is 33.7. The molecular weight excluding hydrogens is 1280 g/mol. The number of hydrogen-bond acceptors (Lipinski definition) is 27. The van der Waals surface area contributed by atoms with Gasteiger partial charge in [0.05, 0.1) is 86.6 Å². The van der Waals surface area contributed by atoms with Crippen molar-refractivity contribution in [3.63, 3.8) is 0 Å². The number of thiophene rings is 1. The van der Waals surface area contributed by atoms with Crippen molar-refractivity contribution in [1.82, 2.24) is 9.97 Å². The van der Waals surface area contributed by atoms with Crippen molar-refractivity contribution in [1.29, 1.82) is 0 Å². The molecule has 0 saturated carbocycles. The number of hydrogen-bond donors (Lipinski definition) is 18. The zero-order chi connectivity index (χ0) is 75.6. The largest absolute Gasteiger partial charge is 0.394 e. The van der Waals surface area contributed by atoms with Crippen LogP contribution in [0.2, 0.25) is 0 Å². The normalized spacial score (nSPS) is 35.9. The van der Waals surface area contributed by atoms with Crippen LogP contribution in [-0.2, 0) is 33.8 Å². The molecule has 0 amide bonds.